The maximum Gasteiger partial charge on any atom is 0.340 e. The van der Waals surface area contributed by atoms with E-state index in [9.17, 15) is 18.0 Å². The Morgan fingerprint density at radius 3 is 2.24 bits per heavy atom. The van der Waals surface area contributed by atoms with E-state index in [1.165, 1.54) is 11.4 Å². The molecule has 0 radical (unpaired) electrons. The molecule has 0 saturated carbocycles. The number of methoxy groups -OCH3 is 1. The van der Waals surface area contributed by atoms with Crippen LogP contribution in [0.4, 0.5) is 0 Å². The molecule has 2 rings (SSSR count). The normalized spacial score (nSPS) is 12.6. The summed E-state index contributed by atoms with van der Waals surface area (Å²) >= 11 is 0. The number of sulfonamides is 1. The van der Waals surface area contributed by atoms with E-state index in [1.54, 1.807) is 58.9 Å². The Balaban J connectivity index is 2.15. The number of nitrogens with zero attached hydrogens (tertiary/aromatic N) is 1. The van der Waals surface area contributed by atoms with Gasteiger partial charge in [0.25, 0.3) is 5.91 Å². The minimum Gasteiger partial charge on any atom is -0.460 e. The summed E-state index contributed by atoms with van der Waals surface area (Å²) in [7, 11) is -2.03. The number of esters is 1. The molecule has 9 nitrogen and oxygen atoms in total. The molecule has 0 aliphatic carbocycles. The third-order valence-electron chi connectivity index (χ3n) is 5.46. The molecule has 2 N–H and O–H groups in total. The third-order valence-corrected chi connectivity index (χ3v) is 7.52. The molecule has 0 fully saturated rings. The smallest absolute Gasteiger partial charge is 0.340 e. The van der Waals surface area contributed by atoms with Gasteiger partial charge in [0.1, 0.15) is 12.3 Å². The molecule has 0 saturated heterocycles. The van der Waals surface area contributed by atoms with Crippen molar-refractivity contribution in [3.63, 3.8) is 0 Å². The Labute approximate surface area is 195 Å². The molecule has 1 amide bonds. The molecule has 1 aromatic heterocycles. The first-order chi connectivity index (χ1) is 15.6. The number of H-pyrrole nitrogens is 1. The second-order valence-corrected chi connectivity index (χ2v) is 9.55. The number of carbonyl (C=O) groups is 2. The lowest BCUT2D eigenvalue weighted by molar-refractivity contribution is 0.0386. The zero-order valence-electron chi connectivity index (χ0n) is 20.0. The number of hydrogen-bond donors (Lipinski definition) is 2. The summed E-state index contributed by atoms with van der Waals surface area (Å²) in [5.74, 6) is -0.894. The first-order valence-corrected chi connectivity index (χ1v) is 12.3. The highest BCUT2D eigenvalue weighted by Gasteiger charge is 2.25. The molecule has 1 heterocycles. The molecule has 2 aromatic rings. The van der Waals surface area contributed by atoms with Gasteiger partial charge in [-0.3, -0.25) is 4.79 Å². The van der Waals surface area contributed by atoms with Crippen LogP contribution < -0.4 is 5.32 Å². The van der Waals surface area contributed by atoms with Gasteiger partial charge in [-0.05, 0) is 44.0 Å². The van der Waals surface area contributed by atoms with Crippen molar-refractivity contribution in [2.24, 2.45) is 0 Å². The Hall–Kier alpha value is -2.69. The lowest BCUT2D eigenvalue weighted by Crippen LogP contribution is -2.30. The standard InChI is InChI=1S/C23H33N3O6S/c1-7-26(8-2)33(29,30)19-11-9-18(10-12-19)16(4)25-22(27)21-15(3)20(17(5)24-21)23(28)32-14-13-31-6/h9-12,16,24H,7-8,13-14H2,1-6H3,(H,25,27). The number of ether oxygens (including phenoxy) is 2. The minimum absolute atomic E-state index is 0.123. The number of aryl methyl sites for hydroxylation is 1. The Bertz CT molecular complexity index is 1070. The molecule has 0 aliphatic rings. The SMILES string of the molecule is CCN(CC)S(=O)(=O)c1ccc(C(C)NC(=O)c2[nH]c(C)c(C(=O)OCCOC)c2C)cc1. The maximum atomic E-state index is 12.9. The van der Waals surface area contributed by atoms with Crippen molar-refractivity contribution in [2.45, 2.75) is 45.6 Å². The monoisotopic (exact) mass is 479 g/mol. The van der Waals surface area contributed by atoms with Crippen molar-refractivity contribution in [3.8, 4) is 0 Å². The summed E-state index contributed by atoms with van der Waals surface area (Å²) in [6, 6.07) is 6.08. The number of benzene rings is 1. The molecule has 0 bridgehead atoms. The van der Waals surface area contributed by atoms with Gasteiger partial charge in [0.05, 0.1) is 23.1 Å². The van der Waals surface area contributed by atoms with E-state index >= 15 is 0 Å². The van der Waals surface area contributed by atoms with E-state index in [0.717, 1.165) is 5.56 Å². The van der Waals surface area contributed by atoms with Gasteiger partial charge >= 0.3 is 5.97 Å². The minimum atomic E-state index is -3.54. The topological polar surface area (TPSA) is 118 Å². The Morgan fingerprint density at radius 2 is 1.70 bits per heavy atom. The Kier molecular flexibility index (Phi) is 9.21. The fourth-order valence-electron chi connectivity index (χ4n) is 3.57. The van der Waals surface area contributed by atoms with E-state index < -0.39 is 16.0 Å². The molecule has 1 aromatic carbocycles. The van der Waals surface area contributed by atoms with E-state index in [2.05, 4.69) is 10.3 Å². The number of carbonyl (C=O) groups excluding carboxylic acids is 2. The zero-order valence-corrected chi connectivity index (χ0v) is 20.8. The van der Waals surface area contributed by atoms with Gasteiger partial charge in [-0.2, -0.15) is 4.31 Å². The van der Waals surface area contributed by atoms with Crippen LogP contribution in [0.3, 0.4) is 0 Å². The van der Waals surface area contributed by atoms with Gasteiger partial charge in [-0.15, -0.1) is 0 Å². The van der Waals surface area contributed by atoms with E-state index in [0.29, 0.717) is 29.9 Å². The van der Waals surface area contributed by atoms with Gasteiger partial charge in [0, 0.05) is 25.9 Å². The first-order valence-electron chi connectivity index (χ1n) is 10.8. The van der Waals surface area contributed by atoms with Crippen molar-refractivity contribution < 1.29 is 27.5 Å². The van der Waals surface area contributed by atoms with Crippen LogP contribution in [0.2, 0.25) is 0 Å². The summed E-state index contributed by atoms with van der Waals surface area (Å²) < 4.78 is 36.8. The van der Waals surface area contributed by atoms with Crippen molar-refractivity contribution >= 4 is 21.9 Å². The molecule has 33 heavy (non-hydrogen) atoms. The highest BCUT2D eigenvalue weighted by Crippen LogP contribution is 2.22. The zero-order chi connectivity index (χ0) is 24.8. The average Bonchev–Trinajstić information content (AvgIpc) is 3.08. The van der Waals surface area contributed by atoms with Gasteiger partial charge in [-0.1, -0.05) is 26.0 Å². The first kappa shape index (κ1) is 26.6. The molecular weight excluding hydrogens is 446 g/mol. The van der Waals surface area contributed by atoms with Crippen molar-refractivity contribution in [3.05, 3.63) is 52.3 Å². The summed E-state index contributed by atoms with van der Waals surface area (Å²) in [5.41, 5.74) is 2.40. The van der Waals surface area contributed by atoms with Crippen molar-refractivity contribution in [2.75, 3.05) is 33.4 Å². The molecule has 10 heteroatoms. The van der Waals surface area contributed by atoms with Crippen LogP contribution in [0.15, 0.2) is 29.2 Å². The van der Waals surface area contributed by atoms with Crippen molar-refractivity contribution in [1.29, 1.82) is 0 Å². The summed E-state index contributed by atoms with van der Waals surface area (Å²) in [5, 5.41) is 2.89. The van der Waals surface area contributed by atoms with Crippen LogP contribution in [-0.2, 0) is 19.5 Å². The van der Waals surface area contributed by atoms with Crippen LogP contribution in [0.5, 0.6) is 0 Å². The van der Waals surface area contributed by atoms with E-state index in [1.807, 2.05) is 0 Å². The number of aromatic nitrogens is 1. The fraction of sp³-hybridized carbons (Fsp3) is 0.478. The van der Waals surface area contributed by atoms with Crippen LogP contribution >= 0.6 is 0 Å². The molecule has 1 unspecified atom stereocenters. The van der Waals surface area contributed by atoms with Gasteiger partial charge in [0.15, 0.2) is 0 Å². The number of amides is 1. The summed E-state index contributed by atoms with van der Waals surface area (Å²) in [6.45, 7) is 9.97. The van der Waals surface area contributed by atoms with Gasteiger partial charge in [0.2, 0.25) is 10.0 Å². The number of nitrogens with one attached hydrogen (secondary N) is 2. The predicted octanol–water partition coefficient (Wildman–Crippen LogP) is 2.96. The molecule has 0 spiro atoms. The number of rotatable bonds is 11. The lowest BCUT2D eigenvalue weighted by atomic mass is 10.1. The van der Waals surface area contributed by atoms with E-state index in [-0.39, 0.29) is 35.8 Å². The van der Waals surface area contributed by atoms with Crippen molar-refractivity contribution in [1.82, 2.24) is 14.6 Å². The largest absolute Gasteiger partial charge is 0.460 e. The highest BCUT2D eigenvalue weighted by molar-refractivity contribution is 7.89. The average molecular weight is 480 g/mol. The van der Waals surface area contributed by atoms with Crippen LogP contribution in [0.25, 0.3) is 0 Å². The second-order valence-electron chi connectivity index (χ2n) is 7.61. The number of aromatic amines is 1. The fourth-order valence-corrected chi connectivity index (χ4v) is 5.02. The van der Waals surface area contributed by atoms with Crippen LogP contribution in [0, 0.1) is 13.8 Å². The van der Waals surface area contributed by atoms with Crippen LogP contribution in [0.1, 0.15) is 64.5 Å². The molecule has 1 atom stereocenters. The van der Waals surface area contributed by atoms with E-state index in [4.69, 9.17) is 9.47 Å². The Morgan fingerprint density at radius 1 is 1.09 bits per heavy atom. The van der Waals surface area contributed by atoms with Crippen LogP contribution in [-0.4, -0.2) is 63.0 Å². The molecule has 0 aliphatic heterocycles. The predicted molar refractivity (Wildman–Crippen MR) is 125 cm³/mol. The van der Waals surface area contributed by atoms with Gasteiger partial charge < -0.3 is 19.8 Å². The highest BCUT2D eigenvalue weighted by atomic mass is 32.2. The lowest BCUT2D eigenvalue weighted by Gasteiger charge is -2.19. The molecular formula is C23H33N3O6S. The third kappa shape index (κ3) is 6.01. The van der Waals surface area contributed by atoms with Gasteiger partial charge in [-0.25, -0.2) is 13.2 Å². The molecule has 182 valence electrons. The quantitative estimate of drug-likeness (QED) is 0.378. The summed E-state index contributed by atoms with van der Waals surface area (Å²) in [4.78, 5) is 28.4. The number of hydrogen-bond acceptors (Lipinski definition) is 6. The summed E-state index contributed by atoms with van der Waals surface area (Å²) in [6.07, 6.45) is 0. The maximum absolute atomic E-state index is 12.9. The second kappa shape index (κ2) is 11.4.